The minimum absolute atomic E-state index is 0.0982. The number of ether oxygens (including phenoxy) is 1. The van der Waals surface area contributed by atoms with Crippen molar-refractivity contribution in [1.29, 1.82) is 0 Å². The molecular formula is C16H16N4O3. The summed E-state index contributed by atoms with van der Waals surface area (Å²) in [5, 5.41) is 2.73. The van der Waals surface area contributed by atoms with Crippen molar-refractivity contribution in [2.45, 2.75) is 12.6 Å². The summed E-state index contributed by atoms with van der Waals surface area (Å²) in [5.41, 5.74) is 1.23. The number of carbonyl (C=O) groups excluding carboxylic acids is 2. The molecule has 0 radical (unpaired) electrons. The molecule has 1 saturated heterocycles. The van der Waals surface area contributed by atoms with Crippen LogP contribution in [0.4, 0.5) is 4.79 Å². The Morgan fingerprint density at radius 1 is 1.22 bits per heavy atom. The lowest BCUT2D eigenvalue weighted by Crippen LogP contribution is -2.61. The van der Waals surface area contributed by atoms with Crippen molar-refractivity contribution < 1.29 is 14.3 Å². The third-order valence-electron chi connectivity index (χ3n) is 3.49. The summed E-state index contributed by atoms with van der Waals surface area (Å²) in [6, 6.07) is 9.35. The summed E-state index contributed by atoms with van der Waals surface area (Å²) in [4.78, 5) is 33.2. The van der Waals surface area contributed by atoms with E-state index in [0.717, 1.165) is 5.56 Å². The number of nitrogens with zero attached hydrogens (tertiary/aromatic N) is 3. The third-order valence-corrected chi connectivity index (χ3v) is 3.49. The lowest BCUT2D eigenvalue weighted by atomic mass is 10.1. The maximum Gasteiger partial charge on any atom is 0.407 e. The van der Waals surface area contributed by atoms with Crippen LogP contribution < -0.4 is 5.32 Å². The molecule has 2 heterocycles. The van der Waals surface area contributed by atoms with Gasteiger partial charge in [0, 0.05) is 25.5 Å². The Morgan fingerprint density at radius 2 is 2.00 bits per heavy atom. The van der Waals surface area contributed by atoms with E-state index in [1.165, 1.54) is 18.6 Å². The van der Waals surface area contributed by atoms with Gasteiger partial charge in [-0.1, -0.05) is 30.3 Å². The molecule has 1 N–H and O–H groups in total. The molecular weight excluding hydrogens is 296 g/mol. The fraction of sp³-hybridized carbons (Fsp3) is 0.250. The first-order valence-electron chi connectivity index (χ1n) is 7.25. The SMILES string of the molecule is O=C(NC1CN(C(=O)c2cnccn2)C1)OCc1ccccc1. The van der Waals surface area contributed by atoms with Crippen molar-refractivity contribution in [3.05, 3.63) is 60.2 Å². The van der Waals surface area contributed by atoms with Gasteiger partial charge >= 0.3 is 6.09 Å². The molecule has 0 bridgehead atoms. The second-order valence-corrected chi connectivity index (χ2v) is 5.20. The van der Waals surface area contributed by atoms with Crippen molar-refractivity contribution in [2.75, 3.05) is 13.1 Å². The molecule has 0 saturated carbocycles. The van der Waals surface area contributed by atoms with Crippen LogP contribution >= 0.6 is 0 Å². The normalized spacial score (nSPS) is 14.0. The number of nitrogens with one attached hydrogen (secondary N) is 1. The number of hydrogen-bond donors (Lipinski definition) is 1. The molecule has 1 fully saturated rings. The first kappa shape index (κ1) is 15.0. The van der Waals surface area contributed by atoms with Crippen LogP contribution in [0.2, 0.25) is 0 Å². The Kier molecular flexibility index (Phi) is 4.46. The highest BCUT2D eigenvalue weighted by Gasteiger charge is 2.33. The van der Waals surface area contributed by atoms with Crippen LogP contribution in [0.15, 0.2) is 48.9 Å². The first-order chi connectivity index (χ1) is 11.2. The molecule has 0 aliphatic carbocycles. The van der Waals surface area contributed by atoms with Gasteiger partial charge in [-0.25, -0.2) is 9.78 Å². The summed E-state index contributed by atoms with van der Waals surface area (Å²) < 4.78 is 5.14. The van der Waals surface area contributed by atoms with Crippen LogP contribution in [-0.4, -0.2) is 46.0 Å². The summed E-state index contributed by atoms with van der Waals surface area (Å²) in [7, 11) is 0. The number of amides is 2. The number of hydrogen-bond acceptors (Lipinski definition) is 5. The lowest BCUT2D eigenvalue weighted by molar-refractivity contribution is 0.0539. The minimum Gasteiger partial charge on any atom is -0.445 e. The molecule has 0 spiro atoms. The molecule has 3 rings (SSSR count). The zero-order chi connectivity index (χ0) is 16.1. The number of alkyl carbamates (subject to hydrolysis) is 1. The molecule has 7 heteroatoms. The summed E-state index contributed by atoms with van der Waals surface area (Å²) in [6.07, 6.45) is 3.94. The number of carbonyl (C=O) groups is 2. The van der Waals surface area contributed by atoms with E-state index in [-0.39, 0.29) is 18.6 Å². The van der Waals surface area contributed by atoms with E-state index in [4.69, 9.17) is 4.74 Å². The largest absolute Gasteiger partial charge is 0.445 e. The van der Waals surface area contributed by atoms with E-state index in [1.54, 1.807) is 4.90 Å². The molecule has 0 atom stereocenters. The first-order valence-corrected chi connectivity index (χ1v) is 7.25. The molecule has 7 nitrogen and oxygen atoms in total. The van der Waals surface area contributed by atoms with E-state index >= 15 is 0 Å². The summed E-state index contributed by atoms with van der Waals surface area (Å²) in [5.74, 6) is -0.186. The van der Waals surface area contributed by atoms with Gasteiger partial charge in [-0.2, -0.15) is 0 Å². The van der Waals surface area contributed by atoms with Crippen LogP contribution in [0.1, 0.15) is 16.1 Å². The number of rotatable bonds is 4. The number of aromatic nitrogens is 2. The van der Waals surface area contributed by atoms with Crippen molar-refractivity contribution >= 4 is 12.0 Å². The Labute approximate surface area is 133 Å². The highest BCUT2D eigenvalue weighted by Crippen LogP contribution is 2.12. The van der Waals surface area contributed by atoms with Gasteiger partial charge in [-0.15, -0.1) is 0 Å². The monoisotopic (exact) mass is 312 g/mol. The van der Waals surface area contributed by atoms with E-state index < -0.39 is 6.09 Å². The second kappa shape index (κ2) is 6.87. The highest BCUT2D eigenvalue weighted by atomic mass is 16.5. The van der Waals surface area contributed by atoms with Crippen LogP contribution in [0.3, 0.4) is 0 Å². The van der Waals surface area contributed by atoms with Gasteiger partial charge in [-0.3, -0.25) is 9.78 Å². The molecule has 1 aliphatic heterocycles. The Morgan fingerprint density at radius 3 is 2.70 bits per heavy atom. The van der Waals surface area contributed by atoms with Gasteiger partial charge in [0.05, 0.1) is 12.2 Å². The lowest BCUT2D eigenvalue weighted by Gasteiger charge is -2.38. The van der Waals surface area contributed by atoms with Gasteiger partial charge < -0.3 is 15.0 Å². The Hall–Kier alpha value is -2.96. The molecule has 2 aromatic rings. The molecule has 23 heavy (non-hydrogen) atoms. The van der Waals surface area contributed by atoms with E-state index in [2.05, 4.69) is 15.3 Å². The predicted octanol–water partition coefficient (Wildman–Crippen LogP) is 1.23. The Balaban J connectivity index is 1.40. The highest BCUT2D eigenvalue weighted by molar-refractivity contribution is 5.92. The van der Waals surface area contributed by atoms with Crippen LogP contribution in [0.25, 0.3) is 0 Å². The molecule has 2 amide bonds. The van der Waals surface area contributed by atoms with Crippen molar-refractivity contribution in [2.24, 2.45) is 0 Å². The molecule has 1 aliphatic rings. The van der Waals surface area contributed by atoms with Crippen molar-refractivity contribution in [1.82, 2.24) is 20.2 Å². The van der Waals surface area contributed by atoms with Gasteiger partial charge in [0.15, 0.2) is 0 Å². The van der Waals surface area contributed by atoms with Gasteiger partial charge in [-0.05, 0) is 5.56 Å². The van der Waals surface area contributed by atoms with Crippen molar-refractivity contribution in [3.8, 4) is 0 Å². The van der Waals surface area contributed by atoms with Crippen LogP contribution in [0, 0.1) is 0 Å². The average molecular weight is 312 g/mol. The minimum atomic E-state index is -0.481. The van der Waals surface area contributed by atoms with Crippen LogP contribution in [-0.2, 0) is 11.3 Å². The fourth-order valence-electron chi connectivity index (χ4n) is 2.24. The maximum atomic E-state index is 12.0. The second-order valence-electron chi connectivity index (χ2n) is 5.20. The van der Waals surface area contributed by atoms with E-state index in [1.807, 2.05) is 30.3 Å². The smallest absolute Gasteiger partial charge is 0.407 e. The fourth-order valence-corrected chi connectivity index (χ4v) is 2.24. The molecule has 1 aromatic heterocycles. The average Bonchev–Trinajstić information content (AvgIpc) is 2.57. The quantitative estimate of drug-likeness (QED) is 0.918. The van der Waals surface area contributed by atoms with Gasteiger partial charge in [0.2, 0.25) is 0 Å². The number of benzene rings is 1. The maximum absolute atomic E-state index is 12.0. The van der Waals surface area contributed by atoms with Gasteiger partial charge in [0.1, 0.15) is 12.3 Å². The summed E-state index contributed by atoms with van der Waals surface area (Å²) >= 11 is 0. The van der Waals surface area contributed by atoms with E-state index in [9.17, 15) is 9.59 Å². The van der Waals surface area contributed by atoms with Crippen molar-refractivity contribution in [3.63, 3.8) is 0 Å². The summed E-state index contributed by atoms with van der Waals surface area (Å²) in [6.45, 7) is 1.10. The molecule has 1 aromatic carbocycles. The molecule has 118 valence electrons. The zero-order valence-electron chi connectivity index (χ0n) is 12.4. The molecule has 0 unspecified atom stereocenters. The zero-order valence-corrected chi connectivity index (χ0v) is 12.4. The number of likely N-dealkylation sites (tertiary alicyclic amines) is 1. The standard InChI is InChI=1S/C16H16N4O3/c21-15(14-8-17-6-7-18-14)20-9-13(10-20)19-16(22)23-11-12-4-2-1-3-5-12/h1-8,13H,9-11H2,(H,19,22). The van der Waals surface area contributed by atoms with E-state index in [0.29, 0.717) is 18.8 Å². The van der Waals surface area contributed by atoms with Crippen LogP contribution in [0.5, 0.6) is 0 Å². The Bertz CT molecular complexity index is 672. The third kappa shape index (κ3) is 3.82. The predicted molar refractivity (Wildman–Crippen MR) is 81.5 cm³/mol. The van der Waals surface area contributed by atoms with Gasteiger partial charge in [0.25, 0.3) is 5.91 Å². The topological polar surface area (TPSA) is 84.4 Å².